The highest BCUT2D eigenvalue weighted by molar-refractivity contribution is 7.90. The molecule has 4 atom stereocenters. The second-order valence-electron chi connectivity index (χ2n) is 9.18. The summed E-state index contributed by atoms with van der Waals surface area (Å²) in [5, 5.41) is 1.12. The van der Waals surface area contributed by atoms with Crippen LogP contribution in [-0.2, 0) is 16.4 Å². The van der Waals surface area contributed by atoms with Crippen LogP contribution in [0, 0.1) is 24.7 Å². The van der Waals surface area contributed by atoms with Crippen molar-refractivity contribution in [1.29, 1.82) is 0 Å². The number of allylic oxidation sites excluding steroid dienone is 1. The van der Waals surface area contributed by atoms with E-state index in [1.165, 1.54) is 30.4 Å². The maximum absolute atomic E-state index is 13.8. The van der Waals surface area contributed by atoms with Crippen LogP contribution in [0.3, 0.4) is 0 Å². The molecule has 3 aliphatic carbocycles. The monoisotopic (exact) mass is 403 g/mol. The zero-order valence-corrected chi connectivity index (χ0v) is 17.5. The summed E-state index contributed by atoms with van der Waals surface area (Å²) in [6.45, 7) is 6.42. The van der Waals surface area contributed by atoms with E-state index in [1.54, 1.807) is 16.1 Å². The molecule has 2 bridgehead atoms. The molecular formula is C25H25NO2S. The third-order valence-corrected chi connectivity index (χ3v) is 9.41. The van der Waals surface area contributed by atoms with E-state index >= 15 is 0 Å². The summed E-state index contributed by atoms with van der Waals surface area (Å²) < 4.78 is 29.2. The fraction of sp³-hybridized carbons (Fsp3) is 0.360. The molecule has 4 heteroatoms. The normalized spacial score (nSPS) is 28.0. The topological polar surface area (TPSA) is 39.1 Å². The largest absolute Gasteiger partial charge is 0.268 e. The predicted molar refractivity (Wildman–Crippen MR) is 116 cm³/mol. The van der Waals surface area contributed by atoms with E-state index in [4.69, 9.17) is 0 Å². The Balaban J connectivity index is 1.65. The van der Waals surface area contributed by atoms with Crippen molar-refractivity contribution < 1.29 is 8.42 Å². The number of hydrogen-bond donors (Lipinski definition) is 0. The SMILES string of the molecule is C=C1Cc2c(c3ccccc3n2S(=O)(=O)c2ccc(C)cc2)C2C3CCC(C3)C12. The number of hydrogen-bond acceptors (Lipinski definition) is 2. The summed E-state index contributed by atoms with van der Waals surface area (Å²) in [6, 6.07) is 15.3. The van der Waals surface area contributed by atoms with Gasteiger partial charge in [0.15, 0.2) is 0 Å². The zero-order chi connectivity index (χ0) is 19.9. The Morgan fingerprint density at radius 2 is 1.66 bits per heavy atom. The number of rotatable bonds is 2. The standard InChI is InChI=1S/C25H25NO2S/c1-15-7-11-19(12-8-15)29(27,28)26-21-6-4-3-5-20(21)25-22(26)13-16(2)23-17-9-10-18(14-17)24(23)25/h3-8,11-12,17-18,23-24H,2,9-10,13-14H2,1H3. The van der Waals surface area contributed by atoms with Crippen molar-refractivity contribution in [3.8, 4) is 0 Å². The van der Waals surface area contributed by atoms with Crippen molar-refractivity contribution in [2.75, 3.05) is 0 Å². The second-order valence-corrected chi connectivity index (χ2v) is 11.0. The van der Waals surface area contributed by atoms with E-state index in [0.29, 0.717) is 29.1 Å². The molecule has 1 heterocycles. The fourth-order valence-corrected chi connectivity index (χ4v) is 8.11. The molecule has 4 unspecified atom stereocenters. The van der Waals surface area contributed by atoms with Gasteiger partial charge in [-0.2, -0.15) is 0 Å². The van der Waals surface area contributed by atoms with Crippen molar-refractivity contribution in [1.82, 2.24) is 3.97 Å². The quantitative estimate of drug-likeness (QED) is 0.535. The Kier molecular flexibility index (Phi) is 3.54. The summed E-state index contributed by atoms with van der Waals surface area (Å²) in [5.41, 5.74) is 5.35. The second kappa shape index (κ2) is 5.85. The molecule has 6 rings (SSSR count). The first-order chi connectivity index (χ1) is 14.0. The number of nitrogens with zero attached hydrogens (tertiary/aromatic N) is 1. The molecule has 29 heavy (non-hydrogen) atoms. The summed E-state index contributed by atoms with van der Waals surface area (Å²) in [4.78, 5) is 0.354. The van der Waals surface area contributed by atoms with Gasteiger partial charge in [-0.05, 0) is 73.6 Å². The minimum absolute atomic E-state index is 0.354. The van der Waals surface area contributed by atoms with E-state index in [0.717, 1.165) is 28.1 Å². The highest BCUT2D eigenvalue weighted by Crippen LogP contribution is 2.63. The van der Waals surface area contributed by atoms with Crippen LogP contribution in [0.25, 0.3) is 10.9 Å². The number of aromatic nitrogens is 1. The summed E-state index contributed by atoms with van der Waals surface area (Å²) in [7, 11) is -3.67. The van der Waals surface area contributed by atoms with E-state index in [9.17, 15) is 8.42 Å². The van der Waals surface area contributed by atoms with Crippen LogP contribution in [0.5, 0.6) is 0 Å². The van der Waals surface area contributed by atoms with Gasteiger partial charge in [0, 0.05) is 17.5 Å². The van der Waals surface area contributed by atoms with Gasteiger partial charge in [0.25, 0.3) is 10.0 Å². The van der Waals surface area contributed by atoms with Crippen LogP contribution in [0.4, 0.5) is 0 Å². The molecule has 2 saturated carbocycles. The van der Waals surface area contributed by atoms with Crippen LogP contribution in [0.2, 0.25) is 0 Å². The van der Waals surface area contributed by atoms with Gasteiger partial charge in [0.2, 0.25) is 0 Å². The molecule has 148 valence electrons. The first-order valence-corrected chi connectivity index (χ1v) is 12.0. The van der Waals surface area contributed by atoms with E-state index < -0.39 is 10.0 Å². The maximum atomic E-state index is 13.8. The highest BCUT2D eigenvalue weighted by Gasteiger charge is 2.53. The Hall–Kier alpha value is -2.33. The number of para-hydroxylation sites is 1. The molecule has 0 amide bonds. The minimum atomic E-state index is -3.67. The van der Waals surface area contributed by atoms with Gasteiger partial charge in [0.1, 0.15) is 0 Å². The molecule has 0 spiro atoms. The van der Waals surface area contributed by atoms with Crippen molar-refractivity contribution >= 4 is 20.9 Å². The van der Waals surface area contributed by atoms with Crippen LogP contribution < -0.4 is 0 Å². The Morgan fingerprint density at radius 3 is 2.41 bits per heavy atom. The third kappa shape index (κ3) is 2.27. The molecular weight excluding hydrogens is 378 g/mol. The van der Waals surface area contributed by atoms with Crippen molar-refractivity contribution in [2.24, 2.45) is 17.8 Å². The lowest BCUT2D eigenvalue weighted by atomic mass is 9.67. The summed E-state index contributed by atoms with van der Waals surface area (Å²) >= 11 is 0. The van der Waals surface area contributed by atoms with Gasteiger partial charge >= 0.3 is 0 Å². The number of aryl methyl sites for hydroxylation is 1. The van der Waals surface area contributed by atoms with Gasteiger partial charge in [-0.1, -0.05) is 48.0 Å². The van der Waals surface area contributed by atoms with Crippen LogP contribution in [0.1, 0.15) is 42.0 Å². The van der Waals surface area contributed by atoms with Gasteiger partial charge in [0.05, 0.1) is 10.4 Å². The summed E-state index contributed by atoms with van der Waals surface area (Å²) in [6.07, 6.45) is 4.51. The Labute approximate surface area is 172 Å². The van der Waals surface area contributed by atoms with Crippen molar-refractivity contribution in [3.63, 3.8) is 0 Å². The zero-order valence-electron chi connectivity index (χ0n) is 16.6. The Morgan fingerprint density at radius 1 is 0.966 bits per heavy atom. The van der Waals surface area contributed by atoms with Crippen LogP contribution in [-0.4, -0.2) is 12.4 Å². The van der Waals surface area contributed by atoms with Crippen molar-refractivity contribution in [2.45, 2.75) is 43.4 Å². The minimum Gasteiger partial charge on any atom is -0.237 e. The molecule has 1 aromatic heterocycles. The first-order valence-electron chi connectivity index (χ1n) is 10.6. The predicted octanol–water partition coefficient (Wildman–Crippen LogP) is 5.43. The molecule has 2 aromatic carbocycles. The van der Waals surface area contributed by atoms with Gasteiger partial charge in [-0.25, -0.2) is 12.4 Å². The lowest BCUT2D eigenvalue weighted by molar-refractivity contribution is 0.314. The van der Waals surface area contributed by atoms with Gasteiger partial charge in [-0.15, -0.1) is 0 Å². The average molecular weight is 404 g/mol. The Bertz CT molecular complexity index is 1270. The third-order valence-electron chi connectivity index (χ3n) is 7.64. The molecule has 0 saturated heterocycles. The average Bonchev–Trinajstić information content (AvgIpc) is 3.39. The number of fused-ring (bicyclic) bond motifs is 9. The highest BCUT2D eigenvalue weighted by atomic mass is 32.2. The lowest BCUT2D eigenvalue weighted by Gasteiger charge is -2.37. The molecule has 2 fully saturated rings. The molecule has 3 aliphatic rings. The molecule has 3 aromatic rings. The number of benzene rings is 2. The van der Waals surface area contributed by atoms with E-state index in [2.05, 4.69) is 12.6 Å². The van der Waals surface area contributed by atoms with Crippen LogP contribution >= 0.6 is 0 Å². The van der Waals surface area contributed by atoms with E-state index in [-0.39, 0.29) is 0 Å². The van der Waals surface area contributed by atoms with Gasteiger partial charge in [-0.3, -0.25) is 0 Å². The summed E-state index contributed by atoms with van der Waals surface area (Å²) in [5.74, 6) is 2.37. The molecule has 0 radical (unpaired) electrons. The lowest BCUT2D eigenvalue weighted by Crippen LogP contribution is -2.29. The molecule has 3 nitrogen and oxygen atoms in total. The first kappa shape index (κ1) is 17.5. The van der Waals surface area contributed by atoms with Crippen molar-refractivity contribution in [3.05, 3.63) is 77.5 Å². The maximum Gasteiger partial charge on any atom is 0.268 e. The smallest absolute Gasteiger partial charge is 0.237 e. The van der Waals surface area contributed by atoms with Gasteiger partial charge < -0.3 is 0 Å². The van der Waals surface area contributed by atoms with Crippen LogP contribution in [0.15, 0.2) is 65.6 Å². The molecule has 0 aliphatic heterocycles. The molecule has 0 N–H and O–H groups in total. The fourth-order valence-electron chi connectivity index (χ4n) is 6.54. The van der Waals surface area contributed by atoms with E-state index in [1.807, 2.05) is 37.3 Å².